The van der Waals surface area contributed by atoms with E-state index in [-0.39, 0.29) is 5.91 Å². The van der Waals surface area contributed by atoms with Crippen LogP contribution in [0.2, 0.25) is 0 Å². The smallest absolute Gasteiger partial charge is 0.254 e. The van der Waals surface area contributed by atoms with Crippen molar-refractivity contribution in [1.82, 2.24) is 14.2 Å². The summed E-state index contributed by atoms with van der Waals surface area (Å²) in [5, 5.41) is 0.912. The Morgan fingerprint density at radius 2 is 1.66 bits per heavy atom. The molecule has 32 heavy (non-hydrogen) atoms. The number of benzene rings is 2. The highest BCUT2D eigenvalue weighted by Crippen LogP contribution is 2.31. The Bertz CT molecular complexity index is 1280. The van der Waals surface area contributed by atoms with Gasteiger partial charge in [0.1, 0.15) is 0 Å². The molecule has 0 atom stereocenters. The molecule has 0 saturated carbocycles. The second-order valence-electron chi connectivity index (χ2n) is 8.65. The quantitative estimate of drug-likeness (QED) is 0.613. The number of fused-ring (bicyclic) bond motifs is 2. The van der Waals surface area contributed by atoms with Crippen molar-refractivity contribution in [3.8, 4) is 0 Å². The summed E-state index contributed by atoms with van der Waals surface area (Å²) in [5.41, 5.74) is 4.86. The van der Waals surface area contributed by atoms with Crippen molar-refractivity contribution in [2.24, 2.45) is 0 Å². The minimum Gasteiger partial charge on any atom is -0.336 e. The van der Waals surface area contributed by atoms with Gasteiger partial charge in [0.25, 0.3) is 5.91 Å². The van der Waals surface area contributed by atoms with Gasteiger partial charge in [-0.15, -0.1) is 0 Å². The molecule has 1 saturated heterocycles. The molecule has 0 bridgehead atoms. The molecule has 2 aromatic carbocycles. The maximum absolute atomic E-state index is 13.8. The number of hydrogen-bond acceptors (Lipinski definition) is 4. The molecule has 6 nitrogen and oxygen atoms in total. The Labute approximate surface area is 188 Å². The van der Waals surface area contributed by atoms with E-state index >= 15 is 0 Å². The molecule has 2 heterocycles. The highest BCUT2D eigenvalue weighted by Gasteiger charge is 2.32. The third-order valence-corrected chi connectivity index (χ3v) is 8.45. The van der Waals surface area contributed by atoms with Gasteiger partial charge in [-0.25, -0.2) is 8.42 Å². The molecule has 0 radical (unpaired) electrons. The fourth-order valence-corrected chi connectivity index (χ4v) is 6.26. The third-order valence-electron chi connectivity index (χ3n) is 6.54. The number of aromatic nitrogens is 1. The van der Waals surface area contributed by atoms with Crippen LogP contribution in [-0.4, -0.2) is 54.7 Å². The zero-order valence-electron chi connectivity index (χ0n) is 18.3. The number of piperazine rings is 1. The molecule has 3 aromatic rings. The van der Waals surface area contributed by atoms with Crippen LogP contribution in [0, 0.1) is 6.92 Å². The number of carbonyl (C=O) groups is 1. The van der Waals surface area contributed by atoms with Crippen molar-refractivity contribution < 1.29 is 13.2 Å². The standard InChI is InChI=1S/C25H27N3O3S/c1-18-11-12-23-21(17-18)24(20-9-5-6-10-22(20)26-23)25(29)27-13-15-28(16-14-27)32(30,31)19-7-3-2-4-8-19/h2-4,7-8,11-12,17H,5-6,9-10,13-16H2,1H3. The summed E-state index contributed by atoms with van der Waals surface area (Å²) < 4.78 is 27.4. The first-order valence-electron chi connectivity index (χ1n) is 11.2. The molecule has 1 aliphatic heterocycles. The third kappa shape index (κ3) is 3.69. The number of carbonyl (C=O) groups excluding carboxylic acids is 1. The van der Waals surface area contributed by atoms with Crippen LogP contribution in [0.4, 0.5) is 0 Å². The van der Waals surface area contributed by atoms with Gasteiger partial charge in [-0.3, -0.25) is 9.78 Å². The predicted molar refractivity (Wildman–Crippen MR) is 124 cm³/mol. The van der Waals surface area contributed by atoms with Crippen LogP contribution in [0.1, 0.15) is 40.0 Å². The molecule has 1 amide bonds. The molecule has 0 N–H and O–H groups in total. The molecule has 0 spiro atoms. The van der Waals surface area contributed by atoms with Crippen LogP contribution in [-0.2, 0) is 22.9 Å². The zero-order valence-corrected chi connectivity index (χ0v) is 19.1. The monoisotopic (exact) mass is 449 g/mol. The van der Waals surface area contributed by atoms with Gasteiger partial charge in [0.15, 0.2) is 0 Å². The normalized spacial score (nSPS) is 17.3. The summed E-state index contributed by atoms with van der Waals surface area (Å²) in [6.45, 7) is 3.39. The number of sulfonamides is 1. The van der Waals surface area contributed by atoms with Crippen molar-refractivity contribution in [1.29, 1.82) is 0 Å². The number of rotatable bonds is 3. The van der Waals surface area contributed by atoms with E-state index < -0.39 is 10.0 Å². The summed E-state index contributed by atoms with van der Waals surface area (Å²) in [7, 11) is -3.55. The number of amides is 1. The Kier molecular flexibility index (Phi) is 5.47. The van der Waals surface area contributed by atoms with E-state index in [1.54, 1.807) is 30.3 Å². The summed E-state index contributed by atoms with van der Waals surface area (Å²) in [4.78, 5) is 20.7. The van der Waals surface area contributed by atoms with Crippen molar-refractivity contribution in [2.75, 3.05) is 26.2 Å². The van der Waals surface area contributed by atoms with Crippen molar-refractivity contribution in [2.45, 2.75) is 37.5 Å². The average Bonchev–Trinajstić information content (AvgIpc) is 2.83. The molecule has 2 aliphatic rings. The Balaban J connectivity index is 1.44. The van der Waals surface area contributed by atoms with Gasteiger partial charge in [0, 0.05) is 37.3 Å². The van der Waals surface area contributed by atoms with E-state index in [1.807, 2.05) is 24.0 Å². The SMILES string of the molecule is Cc1ccc2nc3c(c(C(=O)N4CCN(S(=O)(=O)c5ccccc5)CC4)c2c1)CCCC3. The van der Waals surface area contributed by atoms with Crippen molar-refractivity contribution in [3.05, 3.63) is 70.9 Å². The van der Waals surface area contributed by atoms with Crippen molar-refractivity contribution in [3.63, 3.8) is 0 Å². The summed E-state index contributed by atoms with van der Waals surface area (Å²) in [5.74, 6) is -0.00194. The molecule has 1 fully saturated rings. The molecule has 0 unspecified atom stereocenters. The topological polar surface area (TPSA) is 70.6 Å². The second-order valence-corrected chi connectivity index (χ2v) is 10.6. The lowest BCUT2D eigenvalue weighted by Gasteiger charge is -2.35. The maximum atomic E-state index is 13.8. The summed E-state index contributed by atoms with van der Waals surface area (Å²) in [6, 6.07) is 14.6. The number of hydrogen-bond donors (Lipinski definition) is 0. The largest absolute Gasteiger partial charge is 0.336 e. The predicted octanol–water partition coefficient (Wildman–Crippen LogP) is 3.57. The van der Waals surface area contributed by atoms with E-state index in [0.29, 0.717) is 31.1 Å². The lowest BCUT2D eigenvalue weighted by atomic mass is 9.89. The van der Waals surface area contributed by atoms with Crippen LogP contribution >= 0.6 is 0 Å². The molecule has 166 valence electrons. The van der Waals surface area contributed by atoms with Crippen molar-refractivity contribution >= 4 is 26.8 Å². The van der Waals surface area contributed by atoms with Gasteiger partial charge < -0.3 is 4.90 Å². The second kappa shape index (κ2) is 8.30. The minimum atomic E-state index is -3.55. The maximum Gasteiger partial charge on any atom is 0.254 e. The van der Waals surface area contributed by atoms with Gasteiger partial charge in [-0.05, 0) is 62.4 Å². The van der Waals surface area contributed by atoms with E-state index in [9.17, 15) is 13.2 Å². The summed E-state index contributed by atoms with van der Waals surface area (Å²) in [6.07, 6.45) is 3.94. The van der Waals surface area contributed by atoms with Gasteiger partial charge >= 0.3 is 0 Å². The van der Waals surface area contributed by atoms with Crippen LogP contribution in [0.5, 0.6) is 0 Å². The van der Waals surface area contributed by atoms with E-state index in [1.165, 1.54) is 4.31 Å². The highest BCUT2D eigenvalue weighted by molar-refractivity contribution is 7.89. The lowest BCUT2D eigenvalue weighted by Crippen LogP contribution is -2.50. The van der Waals surface area contributed by atoms with Crippen LogP contribution < -0.4 is 0 Å². The molecule has 7 heteroatoms. The first kappa shape index (κ1) is 21.1. The highest BCUT2D eigenvalue weighted by atomic mass is 32.2. The fourth-order valence-electron chi connectivity index (χ4n) is 4.81. The lowest BCUT2D eigenvalue weighted by molar-refractivity contribution is 0.0698. The molecule has 1 aliphatic carbocycles. The number of pyridine rings is 1. The molecule has 1 aromatic heterocycles. The Morgan fingerprint density at radius 1 is 0.938 bits per heavy atom. The first-order valence-corrected chi connectivity index (χ1v) is 12.7. The van der Waals surface area contributed by atoms with Gasteiger partial charge in [-0.2, -0.15) is 4.31 Å². The van der Waals surface area contributed by atoms with Crippen LogP contribution in [0.25, 0.3) is 10.9 Å². The Morgan fingerprint density at radius 3 is 2.41 bits per heavy atom. The molecule has 5 rings (SSSR count). The zero-order chi connectivity index (χ0) is 22.3. The number of aryl methyl sites for hydroxylation is 2. The van der Waals surface area contributed by atoms with E-state index in [2.05, 4.69) is 6.07 Å². The fraction of sp³-hybridized carbons (Fsp3) is 0.360. The summed E-state index contributed by atoms with van der Waals surface area (Å²) >= 11 is 0. The number of nitrogens with zero attached hydrogens (tertiary/aromatic N) is 3. The van der Waals surface area contributed by atoms with E-state index in [0.717, 1.165) is 59.0 Å². The minimum absolute atomic E-state index is 0.00194. The van der Waals surface area contributed by atoms with Crippen LogP contribution in [0.15, 0.2) is 53.4 Å². The average molecular weight is 450 g/mol. The van der Waals surface area contributed by atoms with Gasteiger partial charge in [0.2, 0.25) is 10.0 Å². The van der Waals surface area contributed by atoms with Crippen LogP contribution in [0.3, 0.4) is 0 Å². The van der Waals surface area contributed by atoms with Gasteiger partial charge in [-0.1, -0.05) is 29.8 Å². The first-order chi connectivity index (χ1) is 15.4. The van der Waals surface area contributed by atoms with Gasteiger partial charge in [0.05, 0.1) is 16.0 Å². The molecular weight excluding hydrogens is 422 g/mol. The Hall–Kier alpha value is -2.77. The van der Waals surface area contributed by atoms with E-state index in [4.69, 9.17) is 4.98 Å². The molecular formula is C25H27N3O3S.